The van der Waals surface area contributed by atoms with Gasteiger partial charge in [0.1, 0.15) is 17.6 Å². The summed E-state index contributed by atoms with van der Waals surface area (Å²) in [6, 6.07) is 5.87. The summed E-state index contributed by atoms with van der Waals surface area (Å²) in [6.07, 6.45) is 22.0. The maximum atomic E-state index is 11.6. The molecule has 0 bridgehead atoms. The van der Waals surface area contributed by atoms with Gasteiger partial charge in [-0.3, -0.25) is 4.79 Å². The number of amides is 1. The van der Waals surface area contributed by atoms with Crippen LogP contribution in [0.1, 0.15) is 129 Å². The van der Waals surface area contributed by atoms with Crippen molar-refractivity contribution < 1.29 is 28.6 Å². The fourth-order valence-electron chi connectivity index (χ4n) is 4.86. The summed E-state index contributed by atoms with van der Waals surface area (Å²) in [4.78, 5) is 36.0. The van der Waals surface area contributed by atoms with Crippen LogP contribution < -0.4 is 10.1 Å². The van der Waals surface area contributed by atoms with Gasteiger partial charge in [0.2, 0.25) is 0 Å². The lowest BCUT2D eigenvalue weighted by atomic mass is 10.0. The Hall–Kier alpha value is -2.74. The topological polar surface area (TPSA) is 107 Å². The Bertz CT molecular complexity index is 1050. The molecule has 2 aromatic rings. The molecule has 0 aliphatic carbocycles. The van der Waals surface area contributed by atoms with E-state index in [0.717, 1.165) is 60.6 Å². The third kappa shape index (κ3) is 20.3. The summed E-state index contributed by atoms with van der Waals surface area (Å²) < 4.78 is 15.1. The van der Waals surface area contributed by atoms with Crippen LogP contribution in [-0.2, 0) is 25.5 Å². The van der Waals surface area contributed by atoms with Gasteiger partial charge in [-0.15, -0.1) is 0 Å². The van der Waals surface area contributed by atoms with Gasteiger partial charge in [-0.1, -0.05) is 88.7 Å². The maximum absolute atomic E-state index is 11.6. The highest BCUT2D eigenvalue weighted by Crippen LogP contribution is 2.23. The molecule has 0 unspecified atom stereocenters. The van der Waals surface area contributed by atoms with Crippen molar-refractivity contribution in [1.82, 2.24) is 10.3 Å². The fourth-order valence-corrected chi connectivity index (χ4v) is 4.98. The zero-order valence-corrected chi connectivity index (χ0v) is 28.4. The van der Waals surface area contributed by atoms with Crippen molar-refractivity contribution in [2.24, 2.45) is 0 Å². The molecule has 0 atom stereocenters. The Morgan fingerprint density at radius 3 is 1.98 bits per heavy atom. The number of aromatic amines is 1. The third-order valence-electron chi connectivity index (χ3n) is 7.21. The molecule has 1 aromatic heterocycles. The highest BCUT2D eigenvalue weighted by Gasteiger charge is 2.15. The highest BCUT2D eigenvalue weighted by atomic mass is 35.5. The van der Waals surface area contributed by atoms with Crippen molar-refractivity contribution in [3.63, 3.8) is 0 Å². The number of aldehydes is 1. The van der Waals surface area contributed by atoms with E-state index in [0.29, 0.717) is 13.0 Å². The van der Waals surface area contributed by atoms with Crippen LogP contribution in [0.25, 0.3) is 10.9 Å². The van der Waals surface area contributed by atoms with Crippen LogP contribution >= 0.6 is 11.6 Å². The lowest BCUT2D eigenvalue weighted by Crippen LogP contribution is -2.33. The molecular formula is C35H57ClN2O6. The van der Waals surface area contributed by atoms with Crippen molar-refractivity contribution >= 4 is 40.9 Å². The fraction of sp³-hybridized carbons (Fsp3) is 0.686. The van der Waals surface area contributed by atoms with E-state index in [1.165, 1.54) is 70.6 Å². The molecule has 0 saturated carbocycles. The molecule has 0 saturated heterocycles. The van der Waals surface area contributed by atoms with E-state index >= 15 is 0 Å². The molecule has 0 aliphatic rings. The van der Waals surface area contributed by atoms with Gasteiger partial charge in [-0.05, 0) is 63.8 Å². The molecule has 2 rings (SSSR count). The van der Waals surface area contributed by atoms with E-state index in [2.05, 4.69) is 15.0 Å². The summed E-state index contributed by atoms with van der Waals surface area (Å²) in [5.74, 6) is 0.646. The van der Waals surface area contributed by atoms with E-state index in [4.69, 9.17) is 21.1 Å². The van der Waals surface area contributed by atoms with Crippen molar-refractivity contribution in [2.45, 2.75) is 136 Å². The number of alkyl halides is 1. The highest BCUT2D eigenvalue weighted by molar-refractivity contribution is 6.17. The first-order valence-electron chi connectivity index (χ1n) is 16.5. The average Bonchev–Trinajstić information content (AvgIpc) is 3.38. The van der Waals surface area contributed by atoms with Gasteiger partial charge >= 0.3 is 12.1 Å². The minimum atomic E-state index is -0.474. The van der Waals surface area contributed by atoms with Crippen LogP contribution in [0.15, 0.2) is 24.4 Å². The molecular weight excluding hydrogens is 580 g/mol. The van der Waals surface area contributed by atoms with Gasteiger partial charge in [0.15, 0.2) is 6.07 Å². The number of H-pyrrole nitrogens is 1. The van der Waals surface area contributed by atoms with E-state index in [-0.39, 0.29) is 18.1 Å². The first-order valence-corrected chi connectivity index (χ1v) is 17.0. The van der Waals surface area contributed by atoms with Crippen molar-refractivity contribution in [3.05, 3.63) is 30.0 Å². The van der Waals surface area contributed by atoms with E-state index < -0.39 is 5.60 Å². The molecule has 44 heavy (non-hydrogen) atoms. The molecule has 250 valence electrons. The van der Waals surface area contributed by atoms with Crippen molar-refractivity contribution in [1.29, 1.82) is 0 Å². The van der Waals surface area contributed by atoms with Crippen molar-refractivity contribution in [2.75, 3.05) is 19.7 Å². The number of carbonyl (C=O) groups is 3. The lowest BCUT2D eigenvalue weighted by Gasteiger charge is -2.19. The van der Waals surface area contributed by atoms with Crippen molar-refractivity contribution in [3.8, 4) is 5.75 Å². The predicted octanol–water partition coefficient (Wildman–Crippen LogP) is 9.41. The average molecular weight is 637 g/mol. The van der Waals surface area contributed by atoms with Crippen LogP contribution in [0.5, 0.6) is 5.75 Å². The number of methoxy groups -OCH3 is 1. The molecule has 0 fully saturated rings. The van der Waals surface area contributed by atoms with Gasteiger partial charge in [-0.2, -0.15) is 0 Å². The standard InChI is InChI=1S/C19H35ClO3.C16H22N2O3/c20-18-23-19(22)16-14-12-10-8-6-4-2-1-3-5-7-9-11-13-15-17-21;1-16(2,3)21-15(19)17-8-7-11-10-18-14-6-5-12(20-4)9-13(11)14/h17H,1-16,18H2;5-6,9-10,18H,7-8H2,1-4H3,(H,17,19). The number of unbranched alkanes of at least 4 members (excludes halogenated alkanes) is 14. The SMILES string of the molecule is COc1ccc2[nH]cc(CCNC(=O)OC(C)(C)C)c2c1.O=CCCCCCCCCCCCCCCCCC(=O)OCCl. The second-order valence-corrected chi connectivity index (χ2v) is 12.4. The Balaban J connectivity index is 0.000000441. The number of rotatable bonds is 22. The number of nitrogens with one attached hydrogen (secondary N) is 2. The van der Waals surface area contributed by atoms with Crippen LogP contribution in [0.2, 0.25) is 0 Å². The van der Waals surface area contributed by atoms with E-state index in [1.807, 2.05) is 45.2 Å². The second-order valence-electron chi connectivity index (χ2n) is 12.2. The number of ether oxygens (including phenoxy) is 3. The normalized spacial score (nSPS) is 11.0. The molecule has 0 aliphatic heterocycles. The number of hydrogen-bond donors (Lipinski definition) is 2. The number of halogens is 1. The van der Waals surface area contributed by atoms with Gasteiger partial charge in [0, 0.05) is 36.5 Å². The molecule has 1 amide bonds. The number of carbonyl (C=O) groups excluding carboxylic acids is 3. The Morgan fingerprint density at radius 1 is 0.886 bits per heavy atom. The number of alkyl carbamates (subject to hydrolysis) is 1. The van der Waals surface area contributed by atoms with Crippen LogP contribution in [0.4, 0.5) is 4.79 Å². The smallest absolute Gasteiger partial charge is 0.407 e. The molecule has 8 nitrogen and oxygen atoms in total. The number of aromatic nitrogens is 1. The number of esters is 1. The molecule has 2 N–H and O–H groups in total. The molecule has 0 spiro atoms. The largest absolute Gasteiger partial charge is 0.497 e. The predicted molar refractivity (Wildman–Crippen MR) is 180 cm³/mol. The van der Waals surface area contributed by atoms with Crippen LogP contribution in [-0.4, -0.2) is 48.7 Å². The zero-order chi connectivity index (χ0) is 32.5. The quantitative estimate of drug-likeness (QED) is 0.0577. The number of fused-ring (bicyclic) bond motifs is 1. The van der Waals surface area contributed by atoms with Gasteiger partial charge in [0.25, 0.3) is 0 Å². The summed E-state index contributed by atoms with van der Waals surface area (Å²) in [5, 5.41) is 3.88. The van der Waals surface area contributed by atoms with Gasteiger partial charge < -0.3 is 29.3 Å². The third-order valence-corrected chi connectivity index (χ3v) is 7.31. The monoisotopic (exact) mass is 636 g/mol. The summed E-state index contributed by atoms with van der Waals surface area (Å²) >= 11 is 5.32. The minimum absolute atomic E-state index is 0.0288. The number of benzene rings is 1. The Morgan fingerprint density at radius 2 is 1.45 bits per heavy atom. The first kappa shape index (κ1) is 39.3. The molecule has 1 aromatic carbocycles. The van der Waals surface area contributed by atoms with Gasteiger partial charge in [0.05, 0.1) is 7.11 Å². The maximum Gasteiger partial charge on any atom is 0.407 e. The summed E-state index contributed by atoms with van der Waals surface area (Å²) in [7, 11) is 1.65. The van der Waals surface area contributed by atoms with E-state index in [9.17, 15) is 14.4 Å². The van der Waals surface area contributed by atoms with Crippen LogP contribution in [0.3, 0.4) is 0 Å². The van der Waals surface area contributed by atoms with Gasteiger partial charge in [-0.25, -0.2) is 4.79 Å². The molecule has 1 heterocycles. The Kier molecular flexibility index (Phi) is 21.9. The van der Waals surface area contributed by atoms with Crippen LogP contribution in [0, 0.1) is 0 Å². The first-order chi connectivity index (χ1) is 21.2. The molecule has 0 radical (unpaired) electrons. The minimum Gasteiger partial charge on any atom is -0.497 e. The lowest BCUT2D eigenvalue weighted by molar-refractivity contribution is -0.141. The molecule has 9 heteroatoms. The summed E-state index contributed by atoms with van der Waals surface area (Å²) in [5.41, 5.74) is 1.72. The summed E-state index contributed by atoms with van der Waals surface area (Å²) in [6.45, 7) is 6.06. The zero-order valence-electron chi connectivity index (χ0n) is 27.6. The van der Waals surface area contributed by atoms with E-state index in [1.54, 1.807) is 7.11 Å². The second kappa shape index (κ2) is 24.6. The Labute approximate surface area is 270 Å². The number of hydrogen-bond acceptors (Lipinski definition) is 6.